The summed E-state index contributed by atoms with van der Waals surface area (Å²) < 4.78 is 5.64. The Morgan fingerprint density at radius 2 is 1.65 bits per heavy atom. The van der Waals surface area contributed by atoms with E-state index in [-0.39, 0.29) is 18.3 Å². The first-order valence-corrected chi connectivity index (χ1v) is 11.1. The molecular weight excluding hydrogens is 390 g/mol. The van der Waals surface area contributed by atoms with Gasteiger partial charge >= 0.3 is 11.9 Å². The molecule has 2 aromatic rings. The SMILES string of the molecule is CCOC(=O)[C@](Cc1ccccc1)(c1ccccc1)[C@@H](C)CN(C)CCCCC(=O)O. The fraction of sp³-hybridized carbons (Fsp3) is 0.462. The highest BCUT2D eigenvalue weighted by atomic mass is 16.5. The summed E-state index contributed by atoms with van der Waals surface area (Å²) in [5, 5.41) is 8.84. The van der Waals surface area contributed by atoms with Crippen LogP contribution in [0.1, 0.15) is 44.2 Å². The van der Waals surface area contributed by atoms with Gasteiger partial charge in [0.15, 0.2) is 0 Å². The Balaban J connectivity index is 2.32. The van der Waals surface area contributed by atoms with Gasteiger partial charge < -0.3 is 14.7 Å². The lowest BCUT2D eigenvalue weighted by Gasteiger charge is -2.39. The number of esters is 1. The number of ether oxygens (including phenoxy) is 1. The summed E-state index contributed by atoms with van der Waals surface area (Å²) in [6, 6.07) is 20.0. The van der Waals surface area contributed by atoms with Crippen LogP contribution in [0.15, 0.2) is 60.7 Å². The molecule has 1 N–H and O–H groups in total. The monoisotopic (exact) mass is 425 g/mol. The largest absolute Gasteiger partial charge is 0.481 e. The molecule has 0 saturated carbocycles. The van der Waals surface area contributed by atoms with Crippen molar-refractivity contribution >= 4 is 11.9 Å². The van der Waals surface area contributed by atoms with Crippen molar-refractivity contribution in [3.05, 3.63) is 71.8 Å². The highest BCUT2D eigenvalue weighted by molar-refractivity contribution is 5.84. The minimum Gasteiger partial charge on any atom is -0.481 e. The Kier molecular flexibility index (Phi) is 9.73. The summed E-state index contributed by atoms with van der Waals surface area (Å²) in [5.74, 6) is -0.972. The third-order valence-electron chi connectivity index (χ3n) is 5.86. The highest BCUT2D eigenvalue weighted by Gasteiger charge is 2.46. The van der Waals surface area contributed by atoms with Crippen LogP contribution in [0.4, 0.5) is 0 Å². The molecule has 0 fully saturated rings. The number of hydrogen-bond donors (Lipinski definition) is 1. The van der Waals surface area contributed by atoms with Crippen molar-refractivity contribution in [1.82, 2.24) is 4.90 Å². The van der Waals surface area contributed by atoms with Gasteiger partial charge in [-0.15, -0.1) is 0 Å². The molecule has 0 aliphatic carbocycles. The van der Waals surface area contributed by atoms with Crippen LogP contribution < -0.4 is 0 Å². The maximum Gasteiger partial charge on any atom is 0.317 e. The average molecular weight is 426 g/mol. The minimum atomic E-state index is -0.812. The van der Waals surface area contributed by atoms with E-state index >= 15 is 0 Å². The third kappa shape index (κ3) is 6.93. The molecule has 0 aliphatic heterocycles. The highest BCUT2D eigenvalue weighted by Crippen LogP contribution is 2.38. The number of carboxylic acid groups (broad SMARTS) is 1. The van der Waals surface area contributed by atoms with E-state index in [0.29, 0.717) is 26.0 Å². The molecule has 31 heavy (non-hydrogen) atoms. The molecule has 5 heteroatoms. The van der Waals surface area contributed by atoms with Crippen LogP contribution in [0.2, 0.25) is 0 Å². The van der Waals surface area contributed by atoms with Crippen molar-refractivity contribution in [2.24, 2.45) is 5.92 Å². The number of aliphatic carboxylic acids is 1. The second kappa shape index (κ2) is 12.3. The Morgan fingerprint density at radius 1 is 1.03 bits per heavy atom. The normalized spacial score (nSPS) is 14.1. The summed E-state index contributed by atoms with van der Waals surface area (Å²) in [5.41, 5.74) is 1.24. The summed E-state index contributed by atoms with van der Waals surface area (Å²) in [6.45, 7) is 5.78. The van der Waals surface area contributed by atoms with Crippen LogP contribution in [0.25, 0.3) is 0 Å². The predicted octanol–water partition coefficient (Wildman–Crippen LogP) is 4.55. The number of carboxylic acids is 1. The number of unbranched alkanes of at least 4 members (excludes halogenated alkanes) is 1. The van der Waals surface area contributed by atoms with E-state index in [9.17, 15) is 9.59 Å². The van der Waals surface area contributed by atoms with Gasteiger partial charge in [-0.2, -0.15) is 0 Å². The van der Waals surface area contributed by atoms with Crippen LogP contribution in [0.5, 0.6) is 0 Å². The molecule has 0 spiro atoms. The molecule has 168 valence electrons. The molecule has 0 bridgehead atoms. The third-order valence-corrected chi connectivity index (χ3v) is 5.86. The fourth-order valence-corrected chi connectivity index (χ4v) is 4.24. The first-order chi connectivity index (χ1) is 14.9. The maximum atomic E-state index is 13.5. The van der Waals surface area contributed by atoms with E-state index in [1.807, 2.05) is 62.5 Å². The average Bonchev–Trinajstić information content (AvgIpc) is 2.76. The number of benzene rings is 2. The second-order valence-electron chi connectivity index (χ2n) is 8.23. The molecule has 0 heterocycles. The van der Waals surface area contributed by atoms with Gasteiger partial charge in [0.2, 0.25) is 0 Å². The molecule has 2 aromatic carbocycles. The van der Waals surface area contributed by atoms with Crippen molar-refractivity contribution in [2.75, 3.05) is 26.7 Å². The zero-order chi connectivity index (χ0) is 22.7. The van der Waals surface area contributed by atoms with E-state index in [1.54, 1.807) is 0 Å². The fourth-order valence-electron chi connectivity index (χ4n) is 4.24. The molecule has 2 atom stereocenters. The minimum absolute atomic E-state index is 0.0152. The van der Waals surface area contributed by atoms with Crippen molar-refractivity contribution < 1.29 is 19.4 Å². The van der Waals surface area contributed by atoms with Gasteiger partial charge in [0, 0.05) is 13.0 Å². The summed E-state index contributed by atoms with van der Waals surface area (Å²) in [6.07, 6.45) is 2.21. The van der Waals surface area contributed by atoms with Crippen molar-refractivity contribution in [1.29, 1.82) is 0 Å². The van der Waals surface area contributed by atoms with Crippen molar-refractivity contribution in [3.8, 4) is 0 Å². The molecular formula is C26H35NO4. The predicted molar refractivity (Wildman–Crippen MR) is 123 cm³/mol. The summed E-state index contributed by atoms with van der Waals surface area (Å²) >= 11 is 0. The first kappa shape index (κ1) is 24.6. The molecule has 0 amide bonds. The van der Waals surface area contributed by atoms with Gasteiger partial charge in [0.25, 0.3) is 0 Å². The van der Waals surface area contributed by atoms with Crippen molar-refractivity contribution in [2.45, 2.75) is 44.9 Å². The lowest BCUT2D eigenvalue weighted by atomic mass is 9.67. The lowest BCUT2D eigenvalue weighted by Crippen LogP contribution is -2.49. The molecule has 5 nitrogen and oxygen atoms in total. The van der Waals surface area contributed by atoms with Gasteiger partial charge in [-0.3, -0.25) is 9.59 Å². The standard InChI is InChI=1S/C26H35NO4/c1-4-31-25(30)26(23-15-9-6-10-16-23,19-22-13-7-5-8-14-22)21(2)20-27(3)18-12-11-17-24(28)29/h5-10,13-16,21H,4,11-12,17-20H2,1-3H3,(H,28,29)/t21-,26-/m0/s1. The van der Waals surface area contributed by atoms with E-state index in [4.69, 9.17) is 9.84 Å². The molecule has 0 aromatic heterocycles. The lowest BCUT2D eigenvalue weighted by molar-refractivity contribution is -0.153. The molecule has 0 aliphatic rings. The number of hydrogen-bond acceptors (Lipinski definition) is 4. The van der Waals surface area contributed by atoms with E-state index < -0.39 is 11.4 Å². The topological polar surface area (TPSA) is 66.8 Å². The first-order valence-electron chi connectivity index (χ1n) is 11.1. The zero-order valence-electron chi connectivity index (χ0n) is 18.9. The smallest absolute Gasteiger partial charge is 0.317 e. The number of carbonyl (C=O) groups is 2. The molecule has 0 unspecified atom stereocenters. The number of rotatable bonds is 13. The van der Waals surface area contributed by atoms with Crippen LogP contribution in [-0.2, 0) is 26.2 Å². The zero-order valence-corrected chi connectivity index (χ0v) is 18.9. The molecule has 2 rings (SSSR count). The van der Waals surface area contributed by atoms with Gasteiger partial charge in [-0.05, 0) is 56.8 Å². The van der Waals surface area contributed by atoms with E-state index in [0.717, 1.165) is 24.1 Å². The number of carbonyl (C=O) groups excluding carboxylic acids is 1. The Hall–Kier alpha value is -2.66. The van der Waals surface area contributed by atoms with Crippen LogP contribution >= 0.6 is 0 Å². The Labute approximate surface area is 186 Å². The molecule has 0 saturated heterocycles. The quantitative estimate of drug-likeness (QED) is 0.377. The van der Waals surface area contributed by atoms with Gasteiger partial charge in [-0.25, -0.2) is 0 Å². The van der Waals surface area contributed by atoms with Crippen LogP contribution in [0, 0.1) is 5.92 Å². The number of nitrogens with zero attached hydrogens (tertiary/aromatic N) is 1. The van der Waals surface area contributed by atoms with Gasteiger partial charge in [0.05, 0.1) is 6.61 Å². The van der Waals surface area contributed by atoms with Crippen LogP contribution in [-0.4, -0.2) is 48.7 Å². The molecule has 0 radical (unpaired) electrons. The second-order valence-corrected chi connectivity index (χ2v) is 8.23. The van der Waals surface area contributed by atoms with Gasteiger partial charge in [-0.1, -0.05) is 67.6 Å². The van der Waals surface area contributed by atoms with Crippen molar-refractivity contribution in [3.63, 3.8) is 0 Å². The van der Waals surface area contributed by atoms with E-state index in [2.05, 4.69) is 24.0 Å². The van der Waals surface area contributed by atoms with Crippen LogP contribution in [0.3, 0.4) is 0 Å². The van der Waals surface area contributed by atoms with Gasteiger partial charge in [0.1, 0.15) is 5.41 Å². The maximum absolute atomic E-state index is 13.5. The Morgan fingerprint density at radius 3 is 2.23 bits per heavy atom. The Bertz CT molecular complexity index is 809. The van der Waals surface area contributed by atoms with E-state index in [1.165, 1.54) is 0 Å². The summed E-state index contributed by atoms with van der Waals surface area (Å²) in [4.78, 5) is 26.5. The summed E-state index contributed by atoms with van der Waals surface area (Å²) in [7, 11) is 2.03.